The van der Waals surface area contributed by atoms with Crippen LogP contribution in [0.15, 0.2) is 48.0 Å². The number of aromatic nitrogens is 2. The van der Waals surface area contributed by atoms with Crippen LogP contribution in [-0.2, 0) is 14.8 Å². The van der Waals surface area contributed by atoms with Gasteiger partial charge in [-0.1, -0.05) is 30.3 Å². The number of benzene rings is 1. The van der Waals surface area contributed by atoms with Gasteiger partial charge in [-0.3, -0.25) is 0 Å². The number of nitrogens with zero attached hydrogens (tertiary/aromatic N) is 5. The van der Waals surface area contributed by atoms with Crippen molar-refractivity contribution in [3.63, 3.8) is 0 Å². The lowest BCUT2D eigenvalue weighted by atomic mass is 10.2. The summed E-state index contributed by atoms with van der Waals surface area (Å²) in [5.74, 6) is 0.783. The Balaban J connectivity index is 1.38. The largest absolute Gasteiger partial charge is 0.378 e. The molecular weight excluding hydrogens is 390 g/mol. The first-order valence-electron chi connectivity index (χ1n) is 9.75. The molecule has 1 aromatic carbocycles. The molecule has 0 bridgehead atoms. The fourth-order valence-electron chi connectivity index (χ4n) is 3.48. The van der Waals surface area contributed by atoms with Crippen LogP contribution < -0.4 is 9.80 Å². The van der Waals surface area contributed by atoms with E-state index in [1.807, 2.05) is 36.4 Å². The molecule has 0 spiro atoms. The van der Waals surface area contributed by atoms with Crippen molar-refractivity contribution in [2.24, 2.45) is 0 Å². The molecule has 0 radical (unpaired) electrons. The maximum Gasteiger partial charge on any atom is 0.236 e. The molecule has 2 saturated heterocycles. The number of hydrogen-bond acceptors (Lipinski definition) is 7. The molecule has 0 unspecified atom stereocenters. The third-order valence-electron chi connectivity index (χ3n) is 5.16. The fraction of sp³-hybridized carbons (Fsp3) is 0.400. The number of piperazine rings is 1. The molecule has 1 aromatic heterocycles. The quantitative estimate of drug-likeness (QED) is 0.731. The minimum absolute atomic E-state index is 0.422. The maximum atomic E-state index is 12.6. The number of ether oxygens (including phenoxy) is 1. The van der Waals surface area contributed by atoms with Gasteiger partial charge in [-0.05, 0) is 11.6 Å². The molecule has 2 fully saturated rings. The van der Waals surface area contributed by atoms with E-state index in [1.54, 1.807) is 12.3 Å². The highest BCUT2D eigenvalue weighted by Crippen LogP contribution is 2.22. The summed E-state index contributed by atoms with van der Waals surface area (Å²) < 4.78 is 32.2. The van der Waals surface area contributed by atoms with Gasteiger partial charge in [-0.25, -0.2) is 8.42 Å². The predicted molar refractivity (Wildman–Crippen MR) is 113 cm³/mol. The van der Waals surface area contributed by atoms with Crippen LogP contribution in [0, 0.1) is 0 Å². The minimum Gasteiger partial charge on any atom is -0.378 e. The molecule has 3 heterocycles. The average molecular weight is 416 g/mol. The third-order valence-corrected chi connectivity index (χ3v) is 6.72. The van der Waals surface area contributed by atoms with Gasteiger partial charge in [0.25, 0.3) is 0 Å². The minimum atomic E-state index is -3.44. The fourth-order valence-corrected chi connectivity index (χ4v) is 4.65. The lowest BCUT2D eigenvalue weighted by molar-refractivity contribution is 0.122. The zero-order chi connectivity index (χ0) is 20.1. The Hall–Kier alpha value is -2.49. The van der Waals surface area contributed by atoms with E-state index in [0.717, 1.165) is 30.2 Å². The standard InChI is InChI=1S/C20H25N5O3S/c26-29(27,15-6-18-4-2-1-3-5-18)25-9-7-24(8-10-25)20-16-19(17-21-22-20)23-11-13-28-14-12-23/h1-6,15-17H,7-14H2/b15-6+. The smallest absolute Gasteiger partial charge is 0.236 e. The molecule has 154 valence electrons. The second-order valence-corrected chi connectivity index (χ2v) is 8.83. The Labute approximate surface area is 171 Å². The van der Waals surface area contributed by atoms with Crippen LogP contribution >= 0.6 is 0 Å². The van der Waals surface area contributed by atoms with Crippen molar-refractivity contribution in [2.75, 3.05) is 62.3 Å². The van der Waals surface area contributed by atoms with E-state index in [-0.39, 0.29) is 0 Å². The molecule has 9 heteroatoms. The van der Waals surface area contributed by atoms with Gasteiger partial charge in [0.05, 0.1) is 25.1 Å². The van der Waals surface area contributed by atoms with E-state index < -0.39 is 10.0 Å². The molecular formula is C20H25N5O3S. The van der Waals surface area contributed by atoms with Gasteiger partial charge in [0, 0.05) is 50.7 Å². The summed E-state index contributed by atoms with van der Waals surface area (Å²) in [5.41, 5.74) is 1.89. The molecule has 0 N–H and O–H groups in total. The van der Waals surface area contributed by atoms with Crippen molar-refractivity contribution in [1.29, 1.82) is 0 Å². The van der Waals surface area contributed by atoms with Crippen LogP contribution in [0.4, 0.5) is 11.5 Å². The number of morpholine rings is 1. The van der Waals surface area contributed by atoms with Crippen molar-refractivity contribution >= 4 is 27.6 Å². The van der Waals surface area contributed by atoms with Crippen molar-refractivity contribution in [3.8, 4) is 0 Å². The summed E-state index contributed by atoms with van der Waals surface area (Å²) in [4.78, 5) is 4.32. The van der Waals surface area contributed by atoms with Crippen LogP contribution in [0.5, 0.6) is 0 Å². The number of sulfonamides is 1. The highest BCUT2D eigenvalue weighted by atomic mass is 32.2. The van der Waals surface area contributed by atoms with Crippen molar-refractivity contribution in [1.82, 2.24) is 14.5 Å². The Morgan fingerprint density at radius 2 is 1.66 bits per heavy atom. The van der Waals surface area contributed by atoms with Gasteiger partial charge >= 0.3 is 0 Å². The molecule has 2 aromatic rings. The summed E-state index contributed by atoms with van der Waals surface area (Å²) in [5, 5.41) is 9.69. The number of anilines is 2. The summed E-state index contributed by atoms with van der Waals surface area (Å²) in [6, 6.07) is 11.5. The Morgan fingerprint density at radius 3 is 2.38 bits per heavy atom. The van der Waals surface area contributed by atoms with Crippen LogP contribution in [0.25, 0.3) is 6.08 Å². The van der Waals surface area contributed by atoms with E-state index in [4.69, 9.17) is 4.74 Å². The van der Waals surface area contributed by atoms with Gasteiger partial charge in [-0.2, -0.15) is 9.40 Å². The van der Waals surface area contributed by atoms with Crippen molar-refractivity contribution in [2.45, 2.75) is 0 Å². The first-order valence-corrected chi connectivity index (χ1v) is 11.3. The highest BCUT2D eigenvalue weighted by Gasteiger charge is 2.26. The monoisotopic (exact) mass is 415 g/mol. The Bertz CT molecular complexity index is 938. The molecule has 4 rings (SSSR count). The summed E-state index contributed by atoms with van der Waals surface area (Å²) >= 11 is 0. The Kier molecular flexibility index (Phi) is 6.08. The summed E-state index contributed by atoms with van der Waals surface area (Å²) in [6.07, 6.45) is 3.41. The second-order valence-electron chi connectivity index (χ2n) is 7.02. The molecule has 2 aliphatic rings. The van der Waals surface area contributed by atoms with Gasteiger partial charge in [0.2, 0.25) is 10.0 Å². The summed E-state index contributed by atoms with van der Waals surface area (Å²) in [7, 11) is -3.44. The topological polar surface area (TPSA) is 78.9 Å². The van der Waals surface area contributed by atoms with Crippen molar-refractivity contribution in [3.05, 3.63) is 53.6 Å². The SMILES string of the molecule is O=S(=O)(/C=C/c1ccccc1)N1CCN(c2cc(N3CCOCC3)cnn2)CC1. The van der Waals surface area contributed by atoms with Crippen LogP contribution in [0.3, 0.4) is 0 Å². The van der Waals surface area contributed by atoms with E-state index >= 15 is 0 Å². The molecule has 29 heavy (non-hydrogen) atoms. The molecule has 0 amide bonds. The second kappa shape index (κ2) is 8.89. The van der Waals surface area contributed by atoms with Crippen LogP contribution in [0.2, 0.25) is 0 Å². The maximum absolute atomic E-state index is 12.6. The zero-order valence-electron chi connectivity index (χ0n) is 16.2. The van der Waals surface area contributed by atoms with Gasteiger partial charge in [-0.15, -0.1) is 5.10 Å². The van der Waals surface area contributed by atoms with Gasteiger partial charge in [0.1, 0.15) is 0 Å². The number of rotatable bonds is 5. The summed E-state index contributed by atoms with van der Waals surface area (Å²) in [6.45, 7) is 5.11. The van der Waals surface area contributed by atoms with E-state index in [2.05, 4.69) is 20.0 Å². The van der Waals surface area contributed by atoms with Crippen LogP contribution in [0.1, 0.15) is 5.56 Å². The molecule has 0 aliphatic carbocycles. The van der Waals surface area contributed by atoms with E-state index in [0.29, 0.717) is 39.4 Å². The zero-order valence-corrected chi connectivity index (χ0v) is 17.0. The molecule has 2 aliphatic heterocycles. The van der Waals surface area contributed by atoms with E-state index in [9.17, 15) is 8.42 Å². The first kappa shape index (κ1) is 19.8. The van der Waals surface area contributed by atoms with Crippen LogP contribution in [-0.4, -0.2) is 75.4 Å². The first-order chi connectivity index (χ1) is 14.1. The molecule has 0 atom stereocenters. The van der Waals surface area contributed by atoms with E-state index in [1.165, 1.54) is 9.71 Å². The normalized spacial score (nSPS) is 19.0. The third kappa shape index (κ3) is 4.92. The lowest BCUT2D eigenvalue weighted by Gasteiger charge is -2.34. The van der Waals surface area contributed by atoms with Gasteiger partial charge < -0.3 is 14.5 Å². The predicted octanol–water partition coefficient (Wildman–Crippen LogP) is 1.44. The average Bonchev–Trinajstić information content (AvgIpc) is 2.79. The molecule has 0 saturated carbocycles. The lowest BCUT2D eigenvalue weighted by Crippen LogP contribution is -2.48. The van der Waals surface area contributed by atoms with Gasteiger partial charge in [0.15, 0.2) is 5.82 Å². The Morgan fingerprint density at radius 1 is 0.931 bits per heavy atom. The molecule has 8 nitrogen and oxygen atoms in total. The number of hydrogen-bond donors (Lipinski definition) is 0. The highest BCUT2D eigenvalue weighted by molar-refractivity contribution is 7.92. The van der Waals surface area contributed by atoms with Crippen molar-refractivity contribution < 1.29 is 13.2 Å².